The van der Waals surface area contributed by atoms with Crippen LogP contribution in [0.4, 0.5) is 0 Å². The Morgan fingerprint density at radius 2 is 2.17 bits per heavy atom. The molecule has 0 radical (unpaired) electrons. The zero-order valence-electron chi connectivity index (χ0n) is 11.6. The Balaban J connectivity index is 1.45. The summed E-state index contributed by atoms with van der Waals surface area (Å²) in [4.78, 5) is 0. The third kappa shape index (κ3) is 4.62. The minimum Gasteiger partial charge on any atom is -0.379 e. The van der Waals surface area contributed by atoms with E-state index in [1.165, 1.54) is 31.7 Å². The van der Waals surface area contributed by atoms with Gasteiger partial charge in [0.25, 0.3) is 0 Å². The summed E-state index contributed by atoms with van der Waals surface area (Å²) in [5, 5.41) is 0. The molecule has 1 heterocycles. The van der Waals surface area contributed by atoms with Crippen molar-refractivity contribution in [3.05, 3.63) is 0 Å². The second-order valence-electron chi connectivity index (χ2n) is 5.38. The van der Waals surface area contributed by atoms with E-state index in [9.17, 15) is 0 Å². The molecular weight excluding hydrogens is 248 g/mol. The average molecular weight is 274 g/mol. The molecule has 18 heavy (non-hydrogen) atoms. The van der Waals surface area contributed by atoms with Crippen molar-refractivity contribution in [3.8, 4) is 0 Å². The normalized spacial score (nSPS) is 32.7. The molecule has 0 bridgehead atoms. The molecule has 4 atom stereocenters. The highest BCUT2D eigenvalue weighted by molar-refractivity contribution is 6.35. The predicted octanol–water partition coefficient (Wildman–Crippen LogP) is 1.12. The van der Waals surface area contributed by atoms with Gasteiger partial charge in [0.15, 0.2) is 6.29 Å². The van der Waals surface area contributed by atoms with Crippen LogP contribution in [0.2, 0.25) is 6.04 Å². The maximum Gasteiger partial charge on any atom is 0.180 e. The van der Waals surface area contributed by atoms with E-state index in [-0.39, 0.29) is 15.8 Å². The lowest BCUT2D eigenvalue weighted by Crippen LogP contribution is -2.23. The van der Waals surface area contributed by atoms with Crippen LogP contribution in [0.15, 0.2) is 0 Å². The van der Waals surface area contributed by atoms with Crippen molar-refractivity contribution >= 4 is 9.52 Å². The molecule has 1 saturated heterocycles. The molecule has 0 N–H and O–H groups in total. The molecular formula is C13H26O4Si. The van der Waals surface area contributed by atoms with E-state index >= 15 is 0 Å². The van der Waals surface area contributed by atoms with Crippen molar-refractivity contribution in [2.45, 2.75) is 50.2 Å². The predicted molar refractivity (Wildman–Crippen MR) is 72.6 cm³/mol. The van der Waals surface area contributed by atoms with Crippen molar-refractivity contribution in [1.82, 2.24) is 0 Å². The van der Waals surface area contributed by atoms with E-state index in [2.05, 4.69) is 0 Å². The molecule has 2 aliphatic rings. The molecule has 0 aromatic carbocycles. The lowest BCUT2D eigenvalue weighted by Gasteiger charge is -2.19. The van der Waals surface area contributed by atoms with E-state index in [0.29, 0.717) is 18.8 Å². The first-order chi connectivity index (χ1) is 8.83. The first-order valence-corrected chi connectivity index (χ1v) is 9.12. The van der Waals surface area contributed by atoms with Gasteiger partial charge in [-0.25, -0.2) is 0 Å². The molecule has 1 saturated carbocycles. The van der Waals surface area contributed by atoms with E-state index < -0.39 is 0 Å². The van der Waals surface area contributed by atoms with E-state index in [0.717, 1.165) is 12.1 Å². The molecule has 2 rings (SSSR count). The number of rotatable bonds is 9. The highest BCUT2D eigenvalue weighted by Crippen LogP contribution is 2.40. The maximum atomic E-state index is 5.64. The summed E-state index contributed by atoms with van der Waals surface area (Å²) in [6.07, 6.45) is 7.34. The SMILES string of the molecule is COCC(OC)OC[SiH2]CCC1CCC2OC2C1. The fraction of sp³-hybridized carbons (Fsp3) is 1.00. The van der Waals surface area contributed by atoms with Crippen LogP contribution in [0.5, 0.6) is 0 Å². The van der Waals surface area contributed by atoms with E-state index in [1.54, 1.807) is 14.2 Å². The van der Waals surface area contributed by atoms with Crippen LogP contribution >= 0.6 is 0 Å². The Bertz CT molecular complexity index is 239. The standard InChI is InChI=1S/C13H26O4Si/c1-14-8-13(15-2)16-9-18-6-5-10-3-4-11-12(7-10)17-11/h10-13H,3-9,18H2,1-2H3. The summed E-state index contributed by atoms with van der Waals surface area (Å²) in [7, 11) is 3.23. The Morgan fingerprint density at radius 3 is 2.89 bits per heavy atom. The zero-order valence-corrected chi connectivity index (χ0v) is 13.0. The summed E-state index contributed by atoms with van der Waals surface area (Å²) < 4.78 is 21.4. The van der Waals surface area contributed by atoms with Crippen LogP contribution in [0.1, 0.15) is 25.7 Å². The highest BCUT2D eigenvalue weighted by Gasteiger charge is 2.43. The van der Waals surface area contributed by atoms with Crippen LogP contribution in [0.3, 0.4) is 0 Å². The van der Waals surface area contributed by atoms with Gasteiger partial charge in [-0.1, -0.05) is 12.5 Å². The first kappa shape index (κ1) is 14.5. The third-order valence-corrected chi connectivity index (χ3v) is 5.42. The zero-order chi connectivity index (χ0) is 12.8. The van der Waals surface area contributed by atoms with Crippen molar-refractivity contribution < 1.29 is 18.9 Å². The van der Waals surface area contributed by atoms with Gasteiger partial charge in [0.1, 0.15) is 0 Å². The number of hydrogen-bond acceptors (Lipinski definition) is 4. The molecule has 0 aromatic heterocycles. The van der Waals surface area contributed by atoms with Crippen LogP contribution < -0.4 is 0 Å². The number of epoxide rings is 1. The van der Waals surface area contributed by atoms with Gasteiger partial charge in [0.2, 0.25) is 0 Å². The quantitative estimate of drug-likeness (QED) is 0.273. The minimum absolute atomic E-state index is 0.105. The van der Waals surface area contributed by atoms with Gasteiger partial charge in [-0.05, 0) is 25.2 Å². The van der Waals surface area contributed by atoms with Gasteiger partial charge in [-0.3, -0.25) is 0 Å². The van der Waals surface area contributed by atoms with Gasteiger partial charge >= 0.3 is 0 Å². The Morgan fingerprint density at radius 1 is 1.28 bits per heavy atom. The monoisotopic (exact) mass is 274 g/mol. The molecule has 106 valence electrons. The Kier molecular flexibility index (Phi) is 6.11. The van der Waals surface area contributed by atoms with E-state index in [1.807, 2.05) is 0 Å². The average Bonchev–Trinajstić information content (AvgIpc) is 3.15. The van der Waals surface area contributed by atoms with Crippen LogP contribution in [-0.2, 0) is 18.9 Å². The summed E-state index contributed by atoms with van der Waals surface area (Å²) in [5.41, 5.74) is 0. The van der Waals surface area contributed by atoms with Gasteiger partial charge in [0, 0.05) is 20.4 Å². The Labute approximate surface area is 112 Å². The summed E-state index contributed by atoms with van der Waals surface area (Å²) in [5.74, 6) is 0.915. The second kappa shape index (κ2) is 7.60. The molecule has 5 heteroatoms. The molecule has 0 spiro atoms. The minimum atomic E-state index is -0.183. The van der Waals surface area contributed by atoms with Gasteiger partial charge < -0.3 is 18.9 Å². The summed E-state index contributed by atoms with van der Waals surface area (Å²) in [6.45, 7) is 0.522. The lowest BCUT2D eigenvalue weighted by molar-refractivity contribution is -0.140. The smallest absolute Gasteiger partial charge is 0.180 e. The number of ether oxygens (including phenoxy) is 4. The van der Waals surface area contributed by atoms with Crippen molar-refractivity contribution in [3.63, 3.8) is 0 Å². The first-order valence-electron chi connectivity index (χ1n) is 7.12. The topological polar surface area (TPSA) is 40.2 Å². The second-order valence-corrected chi connectivity index (χ2v) is 7.20. The van der Waals surface area contributed by atoms with Gasteiger partial charge in [-0.15, -0.1) is 0 Å². The largest absolute Gasteiger partial charge is 0.379 e. The Hall–Kier alpha value is 0.0569. The fourth-order valence-corrected chi connectivity index (χ4v) is 4.32. The molecule has 0 aromatic rings. The number of fused-ring (bicyclic) bond motifs is 1. The number of hydrogen-bond donors (Lipinski definition) is 0. The molecule has 1 aliphatic carbocycles. The maximum absolute atomic E-state index is 5.64. The van der Waals surface area contributed by atoms with Crippen molar-refractivity contribution in [2.75, 3.05) is 27.1 Å². The van der Waals surface area contributed by atoms with Crippen LogP contribution in [0.25, 0.3) is 0 Å². The molecule has 4 unspecified atom stereocenters. The number of methoxy groups -OCH3 is 2. The summed E-state index contributed by atoms with van der Waals surface area (Å²) in [6, 6.07) is 1.38. The van der Waals surface area contributed by atoms with Crippen LogP contribution in [0, 0.1) is 5.92 Å². The van der Waals surface area contributed by atoms with Gasteiger partial charge in [-0.2, -0.15) is 0 Å². The molecule has 1 aliphatic heterocycles. The lowest BCUT2D eigenvalue weighted by atomic mass is 9.88. The van der Waals surface area contributed by atoms with Crippen LogP contribution in [-0.4, -0.2) is 55.1 Å². The highest BCUT2D eigenvalue weighted by atomic mass is 28.2. The van der Waals surface area contributed by atoms with Gasteiger partial charge in [0.05, 0.1) is 28.3 Å². The fourth-order valence-electron chi connectivity index (χ4n) is 2.82. The third-order valence-electron chi connectivity index (χ3n) is 3.99. The summed E-state index contributed by atoms with van der Waals surface area (Å²) >= 11 is 0. The molecule has 4 nitrogen and oxygen atoms in total. The van der Waals surface area contributed by atoms with Crippen molar-refractivity contribution in [2.24, 2.45) is 5.92 Å². The molecule has 2 fully saturated rings. The van der Waals surface area contributed by atoms with E-state index in [4.69, 9.17) is 18.9 Å². The van der Waals surface area contributed by atoms with Crippen molar-refractivity contribution in [1.29, 1.82) is 0 Å². The molecule has 0 amide bonds.